The first-order chi connectivity index (χ1) is 15.2. The van der Waals surface area contributed by atoms with E-state index in [4.69, 9.17) is 14.2 Å². The van der Waals surface area contributed by atoms with Crippen molar-refractivity contribution in [2.45, 2.75) is 63.5 Å². The number of rotatable bonds is 18. The van der Waals surface area contributed by atoms with Crippen molar-refractivity contribution >= 4 is 0 Å². The maximum atomic E-state index is 6.09. The third-order valence-electron chi connectivity index (χ3n) is 7.04. The second-order valence-corrected chi connectivity index (χ2v) is 10.3. The molecule has 0 radical (unpaired) electrons. The molecule has 0 aromatic heterocycles. The predicted octanol–water partition coefficient (Wildman–Crippen LogP) is 2.96. The first-order valence-electron chi connectivity index (χ1n) is 12.9. The Bertz CT molecular complexity index is 475. The van der Waals surface area contributed by atoms with Crippen molar-refractivity contribution in [1.82, 2.24) is 14.7 Å². The van der Waals surface area contributed by atoms with E-state index in [1.165, 1.54) is 58.3 Å². The van der Waals surface area contributed by atoms with E-state index >= 15 is 0 Å². The Morgan fingerprint density at radius 1 is 0.903 bits per heavy atom. The van der Waals surface area contributed by atoms with Gasteiger partial charge in [0.2, 0.25) is 0 Å². The fourth-order valence-electron chi connectivity index (χ4n) is 5.08. The third kappa shape index (κ3) is 10.1. The van der Waals surface area contributed by atoms with Crippen LogP contribution in [0, 0.1) is 11.8 Å². The number of piperidine rings is 1. The highest BCUT2D eigenvalue weighted by molar-refractivity contribution is 5.00. The molecular weight excluding hydrogens is 390 g/mol. The van der Waals surface area contributed by atoms with Crippen LogP contribution in [0.25, 0.3) is 0 Å². The Labute approximate surface area is 191 Å². The van der Waals surface area contributed by atoms with Crippen LogP contribution in [0.1, 0.15) is 51.4 Å². The molecule has 3 rings (SSSR count). The number of methoxy groups -OCH3 is 1. The maximum Gasteiger partial charge on any atom is 0.0509 e. The molecule has 0 N–H and O–H groups in total. The normalized spacial score (nSPS) is 26.8. The molecule has 6 heteroatoms. The highest BCUT2D eigenvalue weighted by Crippen LogP contribution is 2.42. The summed E-state index contributed by atoms with van der Waals surface area (Å²) in [5.41, 5.74) is 0. The van der Waals surface area contributed by atoms with Crippen molar-refractivity contribution in [3.63, 3.8) is 0 Å². The van der Waals surface area contributed by atoms with Crippen LogP contribution in [0.3, 0.4) is 0 Å². The lowest BCUT2D eigenvalue weighted by Crippen LogP contribution is -2.38. The van der Waals surface area contributed by atoms with E-state index in [0.717, 1.165) is 76.8 Å². The molecule has 31 heavy (non-hydrogen) atoms. The van der Waals surface area contributed by atoms with Crippen LogP contribution in [-0.2, 0) is 14.2 Å². The van der Waals surface area contributed by atoms with Crippen LogP contribution in [0.2, 0.25) is 0 Å². The maximum absolute atomic E-state index is 6.09. The van der Waals surface area contributed by atoms with Gasteiger partial charge in [0.25, 0.3) is 0 Å². The van der Waals surface area contributed by atoms with Crippen molar-refractivity contribution in [3.8, 4) is 0 Å². The van der Waals surface area contributed by atoms with Crippen LogP contribution < -0.4 is 0 Å². The summed E-state index contributed by atoms with van der Waals surface area (Å²) in [5.74, 6) is 1.49. The summed E-state index contributed by atoms with van der Waals surface area (Å²) in [4.78, 5) is 7.61. The molecule has 1 heterocycles. The van der Waals surface area contributed by atoms with Crippen LogP contribution in [0.4, 0.5) is 0 Å². The minimum absolute atomic E-state index is 0.716. The average molecular weight is 440 g/mol. The zero-order valence-electron chi connectivity index (χ0n) is 20.6. The Balaban J connectivity index is 1.18. The summed E-state index contributed by atoms with van der Waals surface area (Å²) in [7, 11) is 6.05. The van der Waals surface area contributed by atoms with Crippen molar-refractivity contribution in [2.24, 2.45) is 11.8 Å². The molecule has 0 amide bonds. The Kier molecular flexibility index (Phi) is 11.6. The molecule has 6 nitrogen and oxygen atoms in total. The highest BCUT2D eigenvalue weighted by Gasteiger charge is 2.46. The van der Waals surface area contributed by atoms with Gasteiger partial charge in [0.1, 0.15) is 0 Å². The minimum atomic E-state index is 0.716. The molecule has 3 aliphatic rings. The average Bonchev–Trinajstić information content (AvgIpc) is 3.67. The second-order valence-electron chi connectivity index (χ2n) is 10.3. The fourth-order valence-corrected chi connectivity index (χ4v) is 5.08. The molecule has 0 aromatic rings. The van der Waals surface area contributed by atoms with Gasteiger partial charge < -0.3 is 24.0 Å². The number of nitrogens with zero attached hydrogens (tertiary/aromatic N) is 3. The largest absolute Gasteiger partial charge is 0.385 e. The van der Waals surface area contributed by atoms with Gasteiger partial charge in [-0.25, -0.2) is 0 Å². The van der Waals surface area contributed by atoms with Gasteiger partial charge in [0.15, 0.2) is 0 Å². The van der Waals surface area contributed by atoms with E-state index < -0.39 is 0 Å². The smallest absolute Gasteiger partial charge is 0.0509 e. The Morgan fingerprint density at radius 2 is 1.68 bits per heavy atom. The van der Waals surface area contributed by atoms with Crippen molar-refractivity contribution in [2.75, 3.05) is 87.0 Å². The molecule has 2 aliphatic carbocycles. The van der Waals surface area contributed by atoms with Crippen molar-refractivity contribution in [3.05, 3.63) is 0 Å². The lowest BCUT2D eigenvalue weighted by Gasteiger charge is -2.32. The van der Waals surface area contributed by atoms with E-state index in [1.54, 1.807) is 7.11 Å². The van der Waals surface area contributed by atoms with Crippen LogP contribution in [-0.4, -0.2) is 114 Å². The molecule has 0 bridgehead atoms. The topological polar surface area (TPSA) is 37.4 Å². The molecule has 2 saturated carbocycles. The fraction of sp³-hybridized carbons (Fsp3) is 1.00. The number of hydrogen-bond donors (Lipinski definition) is 0. The summed E-state index contributed by atoms with van der Waals surface area (Å²) in [6.07, 6.45) is 10.2. The van der Waals surface area contributed by atoms with Gasteiger partial charge in [0.05, 0.1) is 13.2 Å². The molecule has 0 spiro atoms. The lowest BCUT2D eigenvalue weighted by molar-refractivity contribution is 0.0515. The van der Waals surface area contributed by atoms with Gasteiger partial charge in [-0.1, -0.05) is 0 Å². The van der Waals surface area contributed by atoms with Crippen LogP contribution in [0.15, 0.2) is 0 Å². The Hall–Kier alpha value is -0.240. The molecule has 1 aliphatic heterocycles. The minimum Gasteiger partial charge on any atom is -0.385 e. The monoisotopic (exact) mass is 439 g/mol. The van der Waals surface area contributed by atoms with E-state index in [9.17, 15) is 0 Å². The van der Waals surface area contributed by atoms with Gasteiger partial charge in [-0.15, -0.1) is 0 Å². The number of likely N-dealkylation sites (tertiary alicyclic amines) is 1. The zero-order valence-corrected chi connectivity index (χ0v) is 20.6. The standard InChI is InChI=1S/C25H49N3O3/c1-26(2)11-5-16-30-20-22-8-4-12-27(19-22)13-6-17-31-21-23-18-25(23)28(24-9-10-24)14-7-15-29-3/h22-25H,4-21H2,1-3H3. The van der Waals surface area contributed by atoms with Crippen molar-refractivity contribution in [1.29, 1.82) is 0 Å². The summed E-state index contributed by atoms with van der Waals surface area (Å²) >= 11 is 0. The molecule has 0 aromatic carbocycles. The first kappa shape index (κ1) is 25.4. The van der Waals surface area contributed by atoms with Crippen molar-refractivity contribution < 1.29 is 14.2 Å². The van der Waals surface area contributed by atoms with Crippen LogP contribution >= 0.6 is 0 Å². The van der Waals surface area contributed by atoms with Gasteiger partial charge in [-0.2, -0.15) is 0 Å². The summed E-state index contributed by atoms with van der Waals surface area (Å²) < 4.78 is 17.3. The van der Waals surface area contributed by atoms with E-state index in [2.05, 4.69) is 28.8 Å². The zero-order chi connectivity index (χ0) is 21.9. The molecule has 1 saturated heterocycles. The first-order valence-corrected chi connectivity index (χ1v) is 12.9. The molecule has 3 unspecified atom stereocenters. The predicted molar refractivity (Wildman–Crippen MR) is 127 cm³/mol. The summed E-state index contributed by atoms with van der Waals surface area (Å²) in [6, 6.07) is 1.64. The lowest BCUT2D eigenvalue weighted by atomic mass is 9.99. The van der Waals surface area contributed by atoms with E-state index in [0.29, 0.717) is 5.92 Å². The highest BCUT2D eigenvalue weighted by atomic mass is 16.5. The van der Waals surface area contributed by atoms with Gasteiger partial charge in [-0.3, -0.25) is 4.90 Å². The third-order valence-corrected chi connectivity index (χ3v) is 7.04. The van der Waals surface area contributed by atoms with Crippen LogP contribution in [0.5, 0.6) is 0 Å². The number of hydrogen-bond acceptors (Lipinski definition) is 6. The molecule has 3 atom stereocenters. The SMILES string of the molecule is COCCCN(C1CC1)C1CC1COCCCN1CCCC(COCCCN(C)C)C1. The van der Waals surface area contributed by atoms with Gasteiger partial charge >= 0.3 is 0 Å². The van der Waals surface area contributed by atoms with E-state index in [-0.39, 0.29) is 0 Å². The Morgan fingerprint density at radius 3 is 2.45 bits per heavy atom. The molecule has 182 valence electrons. The van der Waals surface area contributed by atoms with Gasteiger partial charge in [0, 0.05) is 58.6 Å². The molecular formula is C25H49N3O3. The number of ether oxygens (including phenoxy) is 3. The summed E-state index contributed by atoms with van der Waals surface area (Å²) in [6.45, 7) is 10.5. The quantitative estimate of drug-likeness (QED) is 0.306. The van der Waals surface area contributed by atoms with E-state index in [1.807, 2.05) is 0 Å². The second kappa shape index (κ2) is 14.1. The van der Waals surface area contributed by atoms with Gasteiger partial charge in [-0.05, 0) is 90.4 Å². The molecule has 3 fully saturated rings. The summed E-state index contributed by atoms with van der Waals surface area (Å²) in [5, 5.41) is 0.